The lowest BCUT2D eigenvalue weighted by atomic mass is 9.39. The van der Waals surface area contributed by atoms with Crippen LogP contribution in [0.1, 0.15) is 90.9 Å². The van der Waals surface area contributed by atoms with E-state index in [-0.39, 0.29) is 97.6 Å². The summed E-state index contributed by atoms with van der Waals surface area (Å²) in [6.45, 7) is 5.88. The number of aromatic carboxylic acids is 1. The predicted octanol–water partition coefficient (Wildman–Crippen LogP) is 4.84. The van der Waals surface area contributed by atoms with Crippen molar-refractivity contribution in [3.05, 3.63) is 120 Å². The van der Waals surface area contributed by atoms with Crippen molar-refractivity contribution in [3.8, 4) is 34.0 Å². The van der Waals surface area contributed by atoms with E-state index in [1.54, 1.807) is 37.5 Å². The topological polar surface area (TPSA) is 449 Å². The number of nitrogens with one attached hydrogen (secondary N) is 4. The Bertz CT molecular complexity index is 4600. The number of amides is 6. The number of carbonyl (C=O) groups excluding carboxylic acids is 6. The smallest absolute Gasteiger partial charge is 0.409 e. The number of pyridine rings is 1. The van der Waals surface area contributed by atoms with Crippen molar-refractivity contribution in [2.75, 3.05) is 64.2 Å². The Labute approximate surface area is 598 Å². The number of nitrogens with zero attached hydrogens (tertiary/aromatic N) is 6. The summed E-state index contributed by atoms with van der Waals surface area (Å²) in [6.07, 6.45) is -1.95. The number of fused-ring (bicyclic) bond motifs is 2. The number of benzene rings is 3. The molecule has 13 rings (SSSR count). The van der Waals surface area contributed by atoms with Crippen molar-refractivity contribution in [2.45, 2.75) is 121 Å². The Morgan fingerprint density at radius 1 is 0.846 bits per heavy atom. The van der Waals surface area contributed by atoms with Gasteiger partial charge in [-0.3, -0.25) is 43.4 Å². The number of carboxylic acid groups (broad SMARTS) is 2. The lowest BCUT2D eigenvalue weighted by molar-refractivity contribution is -0.271. The molecule has 4 bridgehead atoms. The molecule has 10 N–H and O–H groups in total. The van der Waals surface area contributed by atoms with E-state index in [1.165, 1.54) is 34.4 Å². The maximum atomic E-state index is 13.8. The number of anilines is 1. The van der Waals surface area contributed by atoms with Crippen molar-refractivity contribution in [2.24, 2.45) is 16.2 Å². The molecule has 552 valence electrons. The molecule has 3 aromatic carbocycles. The number of imide groups is 1. The predicted molar refractivity (Wildman–Crippen MR) is 369 cm³/mol. The van der Waals surface area contributed by atoms with Crippen LogP contribution in [0.5, 0.6) is 11.5 Å². The average Bonchev–Trinajstić information content (AvgIpc) is 0.869. The lowest BCUT2D eigenvalue weighted by Gasteiger charge is -2.69. The van der Waals surface area contributed by atoms with Gasteiger partial charge in [0, 0.05) is 85.6 Å². The van der Waals surface area contributed by atoms with Gasteiger partial charge in [-0.1, -0.05) is 49.4 Å². The quantitative estimate of drug-likeness (QED) is 0.0164. The number of aliphatic carboxylic acids is 1. The number of para-hydroxylation sites is 2. The monoisotopic (exact) mass is 1470 g/mol. The first-order chi connectivity index (χ1) is 49.4. The van der Waals surface area contributed by atoms with Crippen molar-refractivity contribution < 1.29 is 105 Å². The highest BCUT2D eigenvalue weighted by atomic mass is 32.2. The highest BCUT2D eigenvalue weighted by Gasteiger charge is 2.66. The molecule has 4 aromatic heterocycles. The molecule has 2 aliphatic heterocycles. The second kappa shape index (κ2) is 29.8. The van der Waals surface area contributed by atoms with Crippen LogP contribution >= 0.6 is 11.3 Å². The Balaban J connectivity index is 0.663. The van der Waals surface area contributed by atoms with Crippen LogP contribution in [0.4, 0.5) is 9.93 Å². The largest absolute Gasteiger partial charge is 0.491 e. The van der Waals surface area contributed by atoms with E-state index >= 15 is 0 Å². The first-order valence-corrected chi connectivity index (χ1v) is 35.9. The molecule has 1 saturated heterocycles. The molecule has 4 aliphatic carbocycles. The number of aromatic nitrogens is 5. The van der Waals surface area contributed by atoms with Crippen molar-refractivity contribution in [1.82, 2.24) is 45.2 Å². The number of hydrogen-bond donors (Lipinski definition) is 10. The van der Waals surface area contributed by atoms with Crippen LogP contribution in [0.15, 0.2) is 97.2 Å². The number of H-pyrrole nitrogens is 1. The summed E-state index contributed by atoms with van der Waals surface area (Å²) in [5.74, 6) is -7.67. The first kappa shape index (κ1) is 74.0. The van der Waals surface area contributed by atoms with Crippen LogP contribution < -0.4 is 25.4 Å². The van der Waals surface area contributed by atoms with E-state index in [4.69, 9.17) is 33.5 Å². The number of carboxylic acids is 2. The number of aromatic amines is 1. The zero-order valence-electron chi connectivity index (χ0n) is 56.9. The summed E-state index contributed by atoms with van der Waals surface area (Å²) >= 11 is 1.37. The minimum absolute atomic E-state index is 0.0387. The zero-order chi connectivity index (χ0) is 74.2. The molecule has 6 amide bonds. The molecule has 0 radical (unpaired) electrons. The van der Waals surface area contributed by atoms with Gasteiger partial charge >= 0.3 is 18.0 Å². The molecule has 5 fully saturated rings. The second-order valence-electron chi connectivity index (χ2n) is 27.9. The second-order valence-corrected chi connectivity index (χ2v) is 30.5. The van der Waals surface area contributed by atoms with Gasteiger partial charge in [-0.2, -0.15) is 13.5 Å². The third-order valence-electron chi connectivity index (χ3n) is 19.4. The standard InChI is InChI=1S/C70H78N10O22S2/c1-38-44(42-14-15-45(74-55(42)62(89)90)47-26-39-8-7-9-43(54(39)75-47)60(87)77-65-76-46-10-5-6-11-50(46)103-65)28-72-80(38)37-69-32-67(2)31-68(3,33-69)35-70(34-67,36-69)100-23-21-78(4)66(93)99-29-40-12-13-41(101-64-58(86)56(84)57(85)59(102-64)63(91)92)27-49(40)98-25-24-97-22-19-71-61(88)48(30-104(94,95)96)73-51(81)18-20-79-52(82)16-17-53(79)83/h5-17,26-28,48,56-59,64,75,84-86H,18-25,29-37H2,1-4H3,(H,71,88)(H,73,81)(H,89,90)(H,91,92)(H,76,77,87)(H,94,95,96)/t48-,56-,57-,58+,59-,64+,67?,68?,69?,70?/m0/s1. The number of thiazole rings is 1. The summed E-state index contributed by atoms with van der Waals surface area (Å²) in [7, 11) is -3.24. The SMILES string of the molecule is Cc1c(-c2ccc(-c3cc4cccc(C(=O)Nc5nc6ccccc6s5)c4[nH]3)nc2C(=O)O)cnn1CC12CC3(C)CC(C)(C1)CC(OCCN(C)C(=O)OCc1ccc(O[C@@H]4O[C@H](C(=O)O)[C@@H](O)[C@H](O)[C@H]4O)cc1OCCOCCNC(=O)[C@H](CS(=O)(=O)O)NC(=O)CCN1C(=O)C=CC1=O)(C3)C2. The average molecular weight is 1480 g/mol. The minimum atomic E-state index is -4.80. The molecular formula is C70H78N10O22S2. The van der Waals surface area contributed by atoms with Crippen LogP contribution in [0.25, 0.3) is 43.6 Å². The molecule has 4 saturated carbocycles. The fourth-order valence-corrected chi connectivity index (χ4v) is 17.5. The molecule has 34 heteroatoms. The summed E-state index contributed by atoms with van der Waals surface area (Å²) in [5.41, 5.74) is 3.54. The van der Waals surface area contributed by atoms with Crippen LogP contribution in [-0.2, 0) is 66.2 Å². The fraction of sp³-hybridized carbons (Fsp3) is 0.443. The molecule has 8 atom stereocenters. The summed E-state index contributed by atoms with van der Waals surface area (Å²) in [4.78, 5) is 116. The summed E-state index contributed by atoms with van der Waals surface area (Å²) in [5, 5.41) is 65.3. The number of rotatable bonds is 30. The van der Waals surface area contributed by atoms with Crippen molar-refractivity contribution in [1.29, 1.82) is 0 Å². The van der Waals surface area contributed by atoms with Crippen molar-refractivity contribution >= 4 is 95.3 Å². The molecule has 6 aliphatic rings. The first-order valence-electron chi connectivity index (χ1n) is 33.4. The van der Waals surface area contributed by atoms with Gasteiger partial charge < -0.3 is 74.5 Å². The summed E-state index contributed by atoms with van der Waals surface area (Å²) < 4.78 is 71.3. The van der Waals surface area contributed by atoms with Gasteiger partial charge in [0.1, 0.15) is 54.8 Å². The van der Waals surface area contributed by atoms with Gasteiger partial charge in [0.25, 0.3) is 27.8 Å². The summed E-state index contributed by atoms with van der Waals surface area (Å²) in [6, 6.07) is 20.6. The fourth-order valence-electron chi connectivity index (χ4n) is 16.0. The highest BCUT2D eigenvalue weighted by molar-refractivity contribution is 7.85. The van der Waals surface area contributed by atoms with E-state index in [0.29, 0.717) is 45.3 Å². The normalized spacial score (nSPS) is 24.4. The Morgan fingerprint density at radius 2 is 1.60 bits per heavy atom. The van der Waals surface area contributed by atoms with E-state index in [1.807, 2.05) is 48.0 Å². The highest BCUT2D eigenvalue weighted by Crippen LogP contribution is 2.72. The number of likely N-dealkylation sites (N-methyl/N-ethyl adjacent to an activating group) is 1. The molecule has 2 unspecified atom stereocenters. The Kier molecular flexibility index (Phi) is 21.2. The van der Waals surface area contributed by atoms with Crippen LogP contribution in [0, 0.1) is 23.2 Å². The van der Waals surface area contributed by atoms with Gasteiger partial charge in [0.05, 0.1) is 64.3 Å². The molecule has 7 aromatic rings. The van der Waals surface area contributed by atoms with E-state index in [2.05, 4.69) is 44.7 Å². The number of aliphatic hydroxyl groups excluding tert-OH is 3. The number of carbonyl (C=O) groups is 8. The van der Waals surface area contributed by atoms with Gasteiger partial charge in [0.15, 0.2) is 16.9 Å². The van der Waals surface area contributed by atoms with Crippen LogP contribution in [-0.4, -0.2) is 222 Å². The lowest BCUT2D eigenvalue weighted by Crippen LogP contribution is -2.64. The maximum Gasteiger partial charge on any atom is 0.409 e. The number of hydrogen-bond acceptors (Lipinski definition) is 23. The van der Waals surface area contributed by atoms with E-state index in [9.17, 15) is 76.9 Å². The Morgan fingerprint density at radius 3 is 2.32 bits per heavy atom. The Hall–Kier alpha value is -9.78. The molecule has 6 heterocycles. The minimum Gasteiger partial charge on any atom is -0.491 e. The van der Waals surface area contributed by atoms with Gasteiger partial charge in [-0.05, 0) is 110 Å². The van der Waals surface area contributed by atoms with Gasteiger partial charge in [-0.25, -0.2) is 24.4 Å². The number of ether oxygens (including phenoxy) is 6. The van der Waals surface area contributed by atoms with Crippen LogP contribution in [0.3, 0.4) is 0 Å². The zero-order valence-corrected chi connectivity index (χ0v) is 58.6. The van der Waals surface area contributed by atoms with Crippen molar-refractivity contribution in [3.63, 3.8) is 0 Å². The number of aliphatic hydroxyl groups is 3. The van der Waals surface area contributed by atoms with E-state index < -0.39 is 106 Å². The third kappa shape index (κ3) is 16.4. The molecular weight excluding hydrogens is 1400 g/mol. The van der Waals surface area contributed by atoms with Gasteiger partial charge in [0.2, 0.25) is 18.1 Å². The molecule has 0 spiro atoms. The maximum absolute atomic E-state index is 13.8. The molecule has 32 nitrogen and oxygen atoms in total. The van der Waals surface area contributed by atoms with Gasteiger partial charge in [-0.15, -0.1) is 0 Å². The van der Waals surface area contributed by atoms with E-state index in [0.717, 1.165) is 76.9 Å². The third-order valence-corrected chi connectivity index (χ3v) is 21.2. The molecule has 104 heavy (non-hydrogen) atoms. The van der Waals surface area contributed by atoms with Crippen LogP contribution in [0.2, 0.25) is 0 Å².